The van der Waals surface area contributed by atoms with Crippen molar-refractivity contribution in [2.45, 2.75) is 50.3 Å². The van der Waals surface area contributed by atoms with Crippen LogP contribution in [0.4, 0.5) is 0 Å². The Balaban J connectivity index is 2.25. The fraction of sp³-hybridized carbons (Fsp3) is 0.500. The lowest BCUT2D eigenvalue weighted by molar-refractivity contribution is -0.143. The summed E-state index contributed by atoms with van der Waals surface area (Å²) in [6, 6.07) is 4.37. The molecular weight excluding hydrogens is 356 g/mol. The van der Waals surface area contributed by atoms with Gasteiger partial charge in [0.25, 0.3) is 0 Å². The number of benzene rings is 1. The number of aliphatic carboxylic acids is 1. The highest BCUT2D eigenvalue weighted by molar-refractivity contribution is 7.89. The maximum absolute atomic E-state index is 12.9. The maximum Gasteiger partial charge on any atom is 0.323 e. The van der Waals surface area contributed by atoms with Gasteiger partial charge in [-0.2, -0.15) is 4.31 Å². The van der Waals surface area contributed by atoms with E-state index < -0.39 is 28.1 Å². The third-order valence-corrected chi connectivity index (χ3v) is 6.12. The van der Waals surface area contributed by atoms with Gasteiger partial charge in [-0.3, -0.25) is 4.79 Å². The summed E-state index contributed by atoms with van der Waals surface area (Å²) in [7, 11) is -3.92. The van der Waals surface area contributed by atoms with Gasteiger partial charge in [0.1, 0.15) is 11.8 Å². The lowest BCUT2D eigenvalue weighted by Crippen LogP contribution is -2.61. The predicted molar refractivity (Wildman–Crippen MR) is 97.4 cm³/mol. The van der Waals surface area contributed by atoms with E-state index in [4.69, 9.17) is 4.74 Å². The van der Waals surface area contributed by atoms with E-state index >= 15 is 0 Å². The molecule has 7 nitrogen and oxygen atoms in total. The molecule has 1 fully saturated rings. The second-order valence-electron chi connectivity index (χ2n) is 6.02. The summed E-state index contributed by atoms with van der Waals surface area (Å²) in [4.78, 5) is 11.6. The number of piperazine rings is 1. The molecule has 1 saturated heterocycles. The Morgan fingerprint density at radius 1 is 1.42 bits per heavy atom. The Kier molecular flexibility index (Phi) is 6.64. The Morgan fingerprint density at radius 2 is 2.08 bits per heavy atom. The van der Waals surface area contributed by atoms with Gasteiger partial charge in [0.15, 0.2) is 6.10 Å². The van der Waals surface area contributed by atoms with Gasteiger partial charge in [0.05, 0.1) is 4.90 Å². The molecule has 1 heterocycles. The van der Waals surface area contributed by atoms with Crippen molar-refractivity contribution in [1.29, 1.82) is 0 Å². The Hall–Kier alpha value is -2.08. The van der Waals surface area contributed by atoms with Crippen LogP contribution in [0, 0.1) is 11.8 Å². The molecule has 1 aromatic rings. The third-order valence-electron chi connectivity index (χ3n) is 4.22. The first kappa shape index (κ1) is 20.2. The van der Waals surface area contributed by atoms with Crippen LogP contribution in [0.3, 0.4) is 0 Å². The van der Waals surface area contributed by atoms with Crippen LogP contribution in [0.5, 0.6) is 5.75 Å². The number of carboxylic acid groups (broad SMARTS) is 1. The van der Waals surface area contributed by atoms with Gasteiger partial charge in [0.2, 0.25) is 10.0 Å². The minimum absolute atomic E-state index is 0.0415. The van der Waals surface area contributed by atoms with Crippen molar-refractivity contribution in [3.05, 3.63) is 24.3 Å². The topological polar surface area (TPSA) is 95.9 Å². The molecule has 2 rings (SSSR count). The molecular formula is C18H24N2O5S. The van der Waals surface area contributed by atoms with Crippen LogP contribution >= 0.6 is 0 Å². The average molecular weight is 380 g/mol. The Morgan fingerprint density at radius 3 is 2.62 bits per heavy atom. The zero-order valence-corrected chi connectivity index (χ0v) is 15.9. The van der Waals surface area contributed by atoms with Gasteiger partial charge in [0, 0.05) is 19.1 Å². The fourth-order valence-electron chi connectivity index (χ4n) is 2.87. The van der Waals surface area contributed by atoms with E-state index in [0.29, 0.717) is 18.7 Å². The van der Waals surface area contributed by atoms with Gasteiger partial charge in [-0.1, -0.05) is 12.8 Å². The summed E-state index contributed by atoms with van der Waals surface area (Å²) >= 11 is 0. The summed E-state index contributed by atoms with van der Waals surface area (Å²) in [5.41, 5.74) is 0. The first-order valence-corrected chi connectivity index (χ1v) is 9.92. The van der Waals surface area contributed by atoms with Gasteiger partial charge in [-0.25, -0.2) is 8.42 Å². The van der Waals surface area contributed by atoms with Crippen LogP contribution in [0.15, 0.2) is 29.2 Å². The smallest absolute Gasteiger partial charge is 0.323 e. The molecule has 0 bridgehead atoms. The van der Waals surface area contributed by atoms with Crippen molar-refractivity contribution in [1.82, 2.24) is 9.62 Å². The molecule has 1 aliphatic rings. The molecule has 3 unspecified atom stereocenters. The van der Waals surface area contributed by atoms with E-state index in [0.717, 1.165) is 4.31 Å². The minimum atomic E-state index is -3.92. The SMILES string of the molecule is CC#CC(CC)Oc1ccc(S(=O)(=O)N2CCNC(C)C2C(=O)O)cc1. The molecule has 1 aromatic carbocycles. The summed E-state index contributed by atoms with van der Waals surface area (Å²) in [5.74, 6) is 5.07. The number of hydrogen-bond acceptors (Lipinski definition) is 5. The van der Waals surface area contributed by atoms with E-state index in [1.54, 1.807) is 26.0 Å². The van der Waals surface area contributed by atoms with Crippen LogP contribution in [0.2, 0.25) is 0 Å². The molecule has 0 amide bonds. The summed E-state index contributed by atoms with van der Waals surface area (Å²) in [6.45, 7) is 5.85. The van der Waals surface area contributed by atoms with E-state index in [2.05, 4.69) is 17.2 Å². The monoisotopic (exact) mass is 380 g/mol. The van der Waals surface area contributed by atoms with E-state index in [-0.39, 0.29) is 17.5 Å². The molecule has 1 aliphatic heterocycles. The van der Waals surface area contributed by atoms with Crippen LogP contribution in [0.1, 0.15) is 27.2 Å². The van der Waals surface area contributed by atoms with E-state index in [9.17, 15) is 18.3 Å². The second-order valence-corrected chi connectivity index (χ2v) is 7.91. The zero-order valence-electron chi connectivity index (χ0n) is 15.1. The lowest BCUT2D eigenvalue weighted by Gasteiger charge is -2.36. The molecule has 142 valence electrons. The lowest BCUT2D eigenvalue weighted by atomic mass is 10.1. The summed E-state index contributed by atoms with van der Waals surface area (Å²) < 4.78 is 32.6. The molecule has 8 heteroatoms. The number of nitrogens with zero attached hydrogens (tertiary/aromatic N) is 1. The van der Waals surface area contributed by atoms with E-state index in [1.807, 2.05) is 6.92 Å². The Labute approximate surface area is 154 Å². The standard InChI is InChI=1S/C18H24N2O5S/c1-4-6-14(5-2)25-15-7-9-16(10-8-15)26(23,24)20-12-11-19-13(3)17(20)18(21)22/h7-10,13-14,17,19H,5,11-12H2,1-3H3,(H,21,22). The number of nitrogens with one attached hydrogen (secondary N) is 1. The predicted octanol–water partition coefficient (Wildman–Crippen LogP) is 1.30. The normalized spacial score (nSPS) is 22.1. The van der Waals surface area contributed by atoms with Gasteiger partial charge in [-0.15, -0.1) is 5.92 Å². The molecule has 26 heavy (non-hydrogen) atoms. The average Bonchev–Trinajstić information content (AvgIpc) is 2.61. The van der Waals surface area contributed by atoms with Crippen molar-refractivity contribution in [3.63, 3.8) is 0 Å². The van der Waals surface area contributed by atoms with Crippen LogP contribution < -0.4 is 10.1 Å². The fourth-order valence-corrected chi connectivity index (χ4v) is 4.53. The van der Waals surface area contributed by atoms with Crippen molar-refractivity contribution in [2.75, 3.05) is 13.1 Å². The first-order chi connectivity index (χ1) is 12.3. The van der Waals surface area contributed by atoms with Gasteiger partial charge >= 0.3 is 5.97 Å². The van der Waals surface area contributed by atoms with Gasteiger partial charge < -0.3 is 15.2 Å². The third kappa shape index (κ3) is 4.36. The second kappa shape index (κ2) is 8.54. The van der Waals surface area contributed by atoms with Crippen LogP contribution in [-0.2, 0) is 14.8 Å². The molecule has 0 radical (unpaired) electrons. The van der Waals surface area contributed by atoms with Crippen molar-refractivity contribution < 1.29 is 23.1 Å². The number of rotatable bonds is 6. The van der Waals surface area contributed by atoms with Crippen molar-refractivity contribution in [3.8, 4) is 17.6 Å². The highest BCUT2D eigenvalue weighted by Gasteiger charge is 2.41. The van der Waals surface area contributed by atoms with Crippen molar-refractivity contribution >= 4 is 16.0 Å². The highest BCUT2D eigenvalue weighted by atomic mass is 32.2. The minimum Gasteiger partial charge on any atom is -0.480 e. The van der Waals surface area contributed by atoms with Crippen LogP contribution in [-0.4, -0.2) is 55.1 Å². The maximum atomic E-state index is 12.9. The van der Waals surface area contributed by atoms with Gasteiger partial charge in [-0.05, 0) is 44.5 Å². The first-order valence-electron chi connectivity index (χ1n) is 8.48. The zero-order chi connectivity index (χ0) is 19.3. The molecule has 0 aliphatic carbocycles. The van der Waals surface area contributed by atoms with E-state index in [1.165, 1.54) is 12.1 Å². The number of carbonyl (C=O) groups is 1. The molecule has 0 aromatic heterocycles. The summed E-state index contributed by atoms with van der Waals surface area (Å²) in [5, 5.41) is 12.4. The number of sulfonamides is 1. The molecule has 0 saturated carbocycles. The number of carboxylic acids is 1. The van der Waals surface area contributed by atoms with Crippen LogP contribution in [0.25, 0.3) is 0 Å². The number of hydrogen-bond donors (Lipinski definition) is 2. The molecule has 2 N–H and O–H groups in total. The molecule has 3 atom stereocenters. The molecule has 0 spiro atoms. The van der Waals surface area contributed by atoms with Crippen molar-refractivity contribution in [2.24, 2.45) is 0 Å². The highest BCUT2D eigenvalue weighted by Crippen LogP contribution is 2.24. The summed E-state index contributed by atoms with van der Waals surface area (Å²) in [6.07, 6.45) is 0.452. The quantitative estimate of drug-likeness (QED) is 0.723. The number of ether oxygens (including phenoxy) is 1. The largest absolute Gasteiger partial charge is 0.480 e. The Bertz CT molecular complexity index is 795.